The number of pyridine rings is 1. The van der Waals surface area contributed by atoms with Gasteiger partial charge < -0.3 is 14.6 Å². The summed E-state index contributed by atoms with van der Waals surface area (Å²) in [6.45, 7) is 2.30. The average Bonchev–Trinajstić information content (AvgIpc) is 2.65. The Hall–Kier alpha value is -3.68. The van der Waals surface area contributed by atoms with E-state index in [0.717, 1.165) is 0 Å². The summed E-state index contributed by atoms with van der Waals surface area (Å²) < 4.78 is 7.10. The lowest BCUT2D eigenvalue weighted by molar-refractivity contribution is -0.384. The lowest BCUT2D eigenvalue weighted by Gasteiger charge is -2.11. The SMILES string of the molecule is CCOc1ccc2c(c1)c(=O)c(C(=O)Nc1cccc([N+](=O)[O-])c1)cn2C. The Morgan fingerprint density at radius 3 is 2.74 bits per heavy atom. The van der Waals surface area contributed by atoms with Crippen LogP contribution in [0.5, 0.6) is 5.75 Å². The van der Waals surface area contributed by atoms with Crippen molar-refractivity contribution >= 4 is 28.2 Å². The van der Waals surface area contributed by atoms with Crippen LogP contribution >= 0.6 is 0 Å². The number of amides is 1. The number of aromatic nitrogens is 1. The first-order valence-corrected chi connectivity index (χ1v) is 8.22. The van der Waals surface area contributed by atoms with Gasteiger partial charge in [0.1, 0.15) is 11.3 Å². The molecule has 1 amide bonds. The first-order chi connectivity index (χ1) is 12.9. The van der Waals surface area contributed by atoms with E-state index in [1.54, 1.807) is 29.8 Å². The van der Waals surface area contributed by atoms with E-state index in [1.807, 2.05) is 6.92 Å². The summed E-state index contributed by atoms with van der Waals surface area (Å²) in [4.78, 5) is 35.7. The molecular weight excluding hydrogens is 350 g/mol. The molecule has 0 radical (unpaired) electrons. The van der Waals surface area contributed by atoms with Crippen LogP contribution in [0.2, 0.25) is 0 Å². The van der Waals surface area contributed by atoms with Crippen LogP contribution in [0.1, 0.15) is 17.3 Å². The number of nitrogens with zero attached hydrogens (tertiary/aromatic N) is 2. The van der Waals surface area contributed by atoms with Crippen molar-refractivity contribution in [3.63, 3.8) is 0 Å². The summed E-state index contributed by atoms with van der Waals surface area (Å²) in [5.74, 6) is -0.0989. The number of nitrogens with one attached hydrogen (secondary N) is 1. The molecule has 2 aromatic carbocycles. The predicted molar refractivity (Wildman–Crippen MR) is 101 cm³/mol. The first kappa shape index (κ1) is 18.1. The summed E-state index contributed by atoms with van der Waals surface area (Å²) in [5, 5.41) is 13.8. The lowest BCUT2D eigenvalue weighted by Crippen LogP contribution is -2.23. The fourth-order valence-corrected chi connectivity index (χ4v) is 2.79. The normalized spacial score (nSPS) is 10.6. The van der Waals surface area contributed by atoms with E-state index in [1.165, 1.54) is 30.5 Å². The topological polar surface area (TPSA) is 103 Å². The monoisotopic (exact) mass is 367 g/mol. The minimum atomic E-state index is -0.639. The second-order valence-electron chi connectivity index (χ2n) is 5.86. The highest BCUT2D eigenvalue weighted by atomic mass is 16.6. The Kier molecular flexibility index (Phi) is 4.89. The summed E-state index contributed by atoms with van der Waals surface area (Å²) in [6, 6.07) is 10.6. The van der Waals surface area contributed by atoms with Crippen LogP contribution in [0, 0.1) is 10.1 Å². The van der Waals surface area contributed by atoms with Crippen LogP contribution in [-0.2, 0) is 7.05 Å². The number of benzene rings is 2. The smallest absolute Gasteiger partial charge is 0.271 e. The third-order valence-corrected chi connectivity index (χ3v) is 4.03. The molecule has 1 heterocycles. The van der Waals surface area contributed by atoms with Crippen molar-refractivity contribution in [2.75, 3.05) is 11.9 Å². The van der Waals surface area contributed by atoms with Crippen LogP contribution in [0.4, 0.5) is 11.4 Å². The van der Waals surface area contributed by atoms with E-state index < -0.39 is 16.3 Å². The maximum absolute atomic E-state index is 12.8. The van der Waals surface area contributed by atoms with Gasteiger partial charge in [-0.15, -0.1) is 0 Å². The quantitative estimate of drug-likeness (QED) is 0.551. The number of hydrogen-bond acceptors (Lipinski definition) is 5. The number of non-ortho nitro benzene ring substituents is 1. The van der Waals surface area contributed by atoms with Gasteiger partial charge in [-0.1, -0.05) is 6.07 Å². The number of nitro groups is 1. The number of carbonyl (C=O) groups is 1. The van der Waals surface area contributed by atoms with E-state index in [-0.39, 0.29) is 16.9 Å². The van der Waals surface area contributed by atoms with Crippen LogP contribution in [0.3, 0.4) is 0 Å². The molecule has 8 heteroatoms. The molecule has 27 heavy (non-hydrogen) atoms. The minimum absolute atomic E-state index is 0.0647. The highest BCUT2D eigenvalue weighted by molar-refractivity contribution is 6.06. The van der Waals surface area contributed by atoms with Crippen LogP contribution < -0.4 is 15.5 Å². The van der Waals surface area contributed by atoms with Crippen molar-refractivity contribution in [1.29, 1.82) is 0 Å². The van der Waals surface area contributed by atoms with Gasteiger partial charge in [0, 0.05) is 31.1 Å². The van der Waals surface area contributed by atoms with Crippen LogP contribution in [0.25, 0.3) is 10.9 Å². The molecule has 0 spiro atoms. The molecule has 8 nitrogen and oxygen atoms in total. The zero-order valence-corrected chi connectivity index (χ0v) is 14.8. The van der Waals surface area contributed by atoms with Crippen molar-refractivity contribution in [3.05, 3.63) is 74.6 Å². The summed E-state index contributed by atoms with van der Waals surface area (Å²) >= 11 is 0. The van der Waals surface area contributed by atoms with Gasteiger partial charge in [-0.05, 0) is 31.2 Å². The summed E-state index contributed by atoms with van der Waals surface area (Å²) in [5.41, 5.74) is 0.244. The second-order valence-corrected chi connectivity index (χ2v) is 5.86. The van der Waals surface area contributed by atoms with Gasteiger partial charge in [0.05, 0.1) is 22.4 Å². The van der Waals surface area contributed by atoms with Crippen molar-refractivity contribution in [2.24, 2.45) is 7.05 Å². The number of fused-ring (bicyclic) bond motifs is 1. The van der Waals surface area contributed by atoms with Crippen molar-refractivity contribution in [3.8, 4) is 5.75 Å². The molecule has 0 aliphatic rings. The first-order valence-electron chi connectivity index (χ1n) is 8.22. The number of aryl methyl sites for hydroxylation is 1. The molecule has 0 aliphatic heterocycles. The highest BCUT2D eigenvalue weighted by Crippen LogP contribution is 2.20. The van der Waals surface area contributed by atoms with Gasteiger partial charge >= 0.3 is 0 Å². The van der Waals surface area contributed by atoms with E-state index >= 15 is 0 Å². The predicted octanol–water partition coefficient (Wildman–Crippen LogP) is 3.10. The number of hydrogen-bond donors (Lipinski definition) is 1. The number of nitro benzene ring substituents is 1. The van der Waals surface area contributed by atoms with E-state index in [9.17, 15) is 19.7 Å². The second kappa shape index (κ2) is 7.28. The maximum atomic E-state index is 12.8. The molecule has 0 aliphatic carbocycles. The van der Waals surface area contributed by atoms with Gasteiger partial charge in [0.15, 0.2) is 0 Å². The summed E-state index contributed by atoms with van der Waals surface area (Å²) in [6.07, 6.45) is 1.44. The molecule has 0 saturated heterocycles. The molecule has 0 bridgehead atoms. The van der Waals surface area contributed by atoms with Crippen molar-refractivity contribution in [2.45, 2.75) is 6.92 Å². The minimum Gasteiger partial charge on any atom is -0.494 e. The summed E-state index contributed by atoms with van der Waals surface area (Å²) in [7, 11) is 1.73. The molecule has 0 saturated carbocycles. The molecule has 3 aromatic rings. The van der Waals surface area contributed by atoms with Crippen LogP contribution in [-0.4, -0.2) is 22.0 Å². The average molecular weight is 367 g/mol. The fourth-order valence-electron chi connectivity index (χ4n) is 2.79. The fraction of sp³-hybridized carbons (Fsp3) is 0.158. The maximum Gasteiger partial charge on any atom is 0.271 e. The van der Waals surface area contributed by atoms with E-state index in [4.69, 9.17) is 4.74 Å². The Morgan fingerprint density at radius 1 is 1.26 bits per heavy atom. The Balaban J connectivity index is 2.01. The Morgan fingerprint density at radius 2 is 2.04 bits per heavy atom. The standard InChI is InChI=1S/C19H17N3O5/c1-3-27-14-7-8-17-15(10-14)18(23)16(11-21(17)2)19(24)20-12-5-4-6-13(9-12)22(25)26/h4-11H,3H2,1-2H3,(H,20,24). The molecule has 0 fully saturated rings. The third kappa shape index (κ3) is 3.64. The highest BCUT2D eigenvalue weighted by Gasteiger charge is 2.16. The van der Waals surface area contributed by atoms with E-state index in [0.29, 0.717) is 23.3 Å². The Labute approximate surface area is 154 Å². The molecule has 0 atom stereocenters. The molecular formula is C19H17N3O5. The number of anilines is 1. The molecule has 1 N–H and O–H groups in total. The molecule has 138 valence electrons. The zero-order chi connectivity index (χ0) is 19.6. The van der Waals surface area contributed by atoms with Crippen molar-refractivity contribution < 1.29 is 14.5 Å². The van der Waals surface area contributed by atoms with E-state index in [2.05, 4.69) is 5.32 Å². The zero-order valence-electron chi connectivity index (χ0n) is 14.8. The van der Waals surface area contributed by atoms with Gasteiger partial charge in [0.25, 0.3) is 11.6 Å². The van der Waals surface area contributed by atoms with Crippen LogP contribution in [0.15, 0.2) is 53.5 Å². The van der Waals surface area contributed by atoms with Gasteiger partial charge in [-0.25, -0.2) is 0 Å². The van der Waals surface area contributed by atoms with Gasteiger partial charge in [0.2, 0.25) is 5.43 Å². The number of carbonyl (C=O) groups excluding carboxylic acids is 1. The molecule has 1 aromatic heterocycles. The lowest BCUT2D eigenvalue weighted by atomic mass is 10.1. The largest absolute Gasteiger partial charge is 0.494 e. The molecule has 0 unspecified atom stereocenters. The van der Waals surface area contributed by atoms with Gasteiger partial charge in [-0.3, -0.25) is 19.7 Å². The Bertz CT molecular complexity index is 1100. The van der Waals surface area contributed by atoms with Gasteiger partial charge in [-0.2, -0.15) is 0 Å². The number of rotatable bonds is 5. The van der Waals surface area contributed by atoms with Crippen molar-refractivity contribution in [1.82, 2.24) is 4.57 Å². The number of ether oxygens (including phenoxy) is 1. The third-order valence-electron chi connectivity index (χ3n) is 4.03. The molecule has 3 rings (SSSR count).